The number of hydrogen-bond donors (Lipinski definition) is 3. The van der Waals surface area contributed by atoms with Crippen LogP contribution in [0, 0.1) is 0 Å². The average molecular weight is 644 g/mol. The van der Waals surface area contributed by atoms with Crippen molar-refractivity contribution in [3.63, 3.8) is 0 Å². The third-order valence-corrected chi connectivity index (χ3v) is 7.51. The van der Waals surface area contributed by atoms with Crippen LogP contribution in [0.15, 0.2) is 88.2 Å². The minimum absolute atomic E-state index is 0.00650. The van der Waals surface area contributed by atoms with E-state index in [0.717, 1.165) is 12.8 Å². The van der Waals surface area contributed by atoms with Gasteiger partial charge in [0.2, 0.25) is 5.91 Å². The van der Waals surface area contributed by atoms with E-state index in [1.807, 2.05) is 37.3 Å². The maximum atomic E-state index is 14.0. The number of pyridine rings is 1. The summed E-state index contributed by atoms with van der Waals surface area (Å²) < 4.78 is 8.18. The van der Waals surface area contributed by atoms with Gasteiger partial charge in [-0.2, -0.15) is 0 Å². The molecule has 12 nitrogen and oxygen atoms in total. The predicted molar refractivity (Wildman–Crippen MR) is 179 cm³/mol. The quantitative estimate of drug-likeness (QED) is 0.261. The first kappa shape index (κ1) is 34.8. The van der Waals surface area contributed by atoms with Gasteiger partial charge in [0.05, 0.1) is 11.9 Å². The van der Waals surface area contributed by atoms with E-state index in [1.165, 1.54) is 39.7 Å². The second-order valence-electron chi connectivity index (χ2n) is 12.2. The fourth-order valence-electron chi connectivity index (χ4n) is 5.25. The third kappa shape index (κ3) is 9.01. The van der Waals surface area contributed by atoms with Crippen LogP contribution >= 0.6 is 0 Å². The number of ketones is 1. The normalized spacial score (nSPS) is 15.3. The molecule has 2 aromatic heterocycles. The molecule has 47 heavy (non-hydrogen) atoms. The summed E-state index contributed by atoms with van der Waals surface area (Å²) in [5.41, 5.74) is -0.470. The van der Waals surface area contributed by atoms with Gasteiger partial charge in [0.25, 0.3) is 11.1 Å². The Bertz CT molecular complexity index is 1780. The third-order valence-electron chi connectivity index (χ3n) is 7.51. The number of amides is 2. The zero-order chi connectivity index (χ0) is 34.1. The molecule has 0 fully saturated rings. The number of hydrogen-bond acceptors (Lipinski definition) is 8. The van der Waals surface area contributed by atoms with Crippen LogP contribution in [0.1, 0.15) is 65.8 Å². The van der Waals surface area contributed by atoms with Crippen molar-refractivity contribution in [2.45, 2.75) is 77.5 Å². The highest BCUT2D eigenvalue weighted by Crippen LogP contribution is 2.27. The Hall–Kier alpha value is -5.10. The summed E-state index contributed by atoms with van der Waals surface area (Å²) in [7, 11) is 0. The van der Waals surface area contributed by atoms with Crippen LogP contribution in [0.25, 0.3) is 17.1 Å². The molecule has 4 rings (SSSR count). The van der Waals surface area contributed by atoms with Crippen LogP contribution in [-0.4, -0.2) is 55.3 Å². The first-order valence-electron chi connectivity index (χ1n) is 15.6. The Morgan fingerprint density at radius 3 is 2.43 bits per heavy atom. The van der Waals surface area contributed by atoms with Gasteiger partial charge in [-0.25, -0.2) is 9.78 Å². The fraction of sp³-hybridized carbons (Fsp3) is 0.371. The molecule has 0 saturated carbocycles. The number of rotatable bonds is 12. The van der Waals surface area contributed by atoms with Crippen LogP contribution < -0.4 is 21.8 Å². The maximum absolute atomic E-state index is 14.0. The van der Waals surface area contributed by atoms with Gasteiger partial charge < -0.3 is 15.2 Å². The van der Waals surface area contributed by atoms with Crippen LogP contribution in [0.4, 0.5) is 10.5 Å². The van der Waals surface area contributed by atoms with Crippen molar-refractivity contribution >= 4 is 29.2 Å². The minimum atomic E-state index is -1.52. The van der Waals surface area contributed by atoms with Gasteiger partial charge in [-0.1, -0.05) is 56.2 Å². The Balaban J connectivity index is 1.61. The molecule has 12 heteroatoms. The molecule has 0 bridgehead atoms. The lowest BCUT2D eigenvalue weighted by Crippen LogP contribution is -2.36. The summed E-state index contributed by atoms with van der Waals surface area (Å²) >= 11 is 0. The lowest BCUT2D eigenvalue weighted by molar-refractivity contribution is -0.122. The van der Waals surface area contributed by atoms with Gasteiger partial charge >= 0.3 is 6.09 Å². The van der Waals surface area contributed by atoms with Gasteiger partial charge in [0.1, 0.15) is 23.2 Å². The molecule has 1 aliphatic carbocycles. The second kappa shape index (κ2) is 15.5. The topological polar surface area (TPSA) is 162 Å². The number of unbranched alkanes of at least 4 members (excludes halogenated alkanes) is 1. The lowest BCUT2D eigenvalue weighted by Gasteiger charge is -2.25. The summed E-state index contributed by atoms with van der Waals surface area (Å²) in [4.78, 5) is 69.0. The van der Waals surface area contributed by atoms with E-state index in [2.05, 4.69) is 15.6 Å². The number of aliphatic hydroxyl groups excluding tert-OH is 1. The molecule has 2 atom stereocenters. The van der Waals surface area contributed by atoms with E-state index in [0.29, 0.717) is 23.5 Å². The number of allylic oxidation sites excluding steroid dienone is 2. The first-order chi connectivity index (χ1) is 22.4. The SMILES string of the molecule is CCCCC(CCC(=O)NCC1=C(n2ccccc2=O)C=CC(=O)C1O)n1c(-c2ccccc2)ncc(NC(=O)OC(C)(C)C)c1=O. The number of aliphatic hydroxyl groups is 1. The van der Waals surface area contributed by atoms with Crippen molar-refractivity contribution in [2.24, 2.45) is 0 Å². The molecule has 0 spiro atoms. The first-order valence-corrected chi connectivity index (χ1v) is 15.6. The number of anilines is 1. The molecule has 2 heterocycles. The lowest BCUT2D eigenvalue weighted by atomic mass is 9.97. The van der Waals surface area contributed by atoms with Gasteiger partial charge in [-0.05, 0) is 51.8 Å². The van der Waals surface area contributed by atoms with Gasteiger partial charge in [0, 0.05) is 42.4 Å². The summed E-state index contributed by atoms with van der Waals surface area (Å²) in [5, 5.41) is 15.9. The Labute approximate surface area is 272 Å². The number of carbonyl (C=O) groups is 3. The smallest absolute Gasteiger partial charge is 0.412 e. The van der Waals surface area contributed by atoms with Crippen molar-refractivity contribution in [1.82, 2.24) is 19.4 Å². The van der Waals surface area contributed by atoms with E-state index in [4.69, 9.17) is 4.74 Å². The van der Waals surface area contributed by atoms with E-state index in [1.54, 1.807) is 32.9 Å². The summed E-state index contributed by atoms with van der Waals surface area (Å²) in [6.45, 7) is 7.01. The van der Waals surface area contributed by atoms with E-state index in [-0.39, 0.29) is 42.1 Å². The molecule has 2 unspecified atom stereocenters. The van der Waals surface area contributed by atoms with E-state index < -0.39 is 35.2 Å². The Morgan fingerprint density at radius 1 is 1.02 bits per heavy atom. The zero-order valence-corrected chi connectivity index (χ0v) is 27.1. The van der Waals surface area contributed by atoms with Crippen LogP contribution in [0.2, 0.25) is 0 Å². The molecule has 1 aromatic carbocycles. The van der Waals surface area contributed by atoms with Crippen LogP contribution in [0.5, 0.6) is 0 Å². The highest BCUT2D eigenvalue weighted by atomic mass is 16.6. The summed E-state index contributed by atoms with van der Waals surface area (Å²) in [6, 6.07) is 13.3. The van der Waals surface area contributed by atoms with Crippen molar-refractivity contribution in [1.29, 1.82) is 0 Å². The highest BCUT2D eigenvalue weighted by Gasteiger charge is 2.27. The predicted octanol–water partition coefficient (Wildman–Crippen LogP) is 4.46. The molecule has 3 N–H and O–H groups in total. The molecular weight excluding hydrogens is 602 g/mol. The molecule has 1 aliphatic rings. The maximum Gasteiger partial charge on any atom is 0.412 e. The molecule has 248 valence electrons. The molecule has 2 amide bonds. The standard InChI is InChI=1S/C35H41N5O7/c1-5-6-14-24(16-19-29(42)36-21-25-27(17-18-28(41)31(25)44)39-20-11-10-15-30(39)43)40-32(23-12-8-7-9-13-23)37-22-26(33(40)45)38-34(46)47-35(2,3)4/h7-13,15,17-18,20,22,24,31,44H,5-6,14,16,19,21H2,1-4H3,(H,36,42)(H,38,46). The minimum Gasteiger partial charge on any atom is -0.444 e. The fourth-order valence-corrected chi connectivity index (χ4v) is 5.25. The number of nitrogens with one attached hydrogen (secondary N) is 2. The van der Waals surface area contributed by atoms with Crippen LogP contribution in [-0.2, 0) is 14.3 Å². The average Bonchev–Trinajstić information content (AvgIpc) is 3.03. The largest absolute Gasteiger partial charge is 0.444 e. The molecule has 0 aliphatic heterocycles. The Morgan fingerprint density at radius 2 is 1.74 bits per heavy atom. The van der Waals surface area contributed by atoms with Crippen molar-refractivity contribution in [2.75, 3.05) is 11.9 Å². The second-order valence-corrected chi connectivity index (χ2v) is 12.2. The number of carbonyl (C=O) groups excluding carboxylic acids is 3. The summed E-state index contributed by atoms with van der Waals surface area (Å²) in [5.74, 6) is -0.536. The molecular formula is C35H41N5O7. The molecule has 0 saturated heterocycles. The molecule has 3 aromatic rings. The monoisotopic (exact) mass is 643 g/mol. The van der Waals surface area contributed by atoms with E-state index in [9.17, 15) is 29.1 Å². The Kier molecular flexibility index (Phi) is 11.4. The van der Waals surface area contributed by atoms with Crippen molar-refractivity contribution in [3.05, 3.63) is 99.4 Å². The zero-order valence-electron chi connectivity index (χ0n) is 27.1. The number of aromatic nitrogens is 3. The number of ether oxygens (including phenoxy) is 1. The van der Waals surface area contributed by atoms with Gasteiger partial charge in [-0.3, -0.25) is 33.6 Å². The number of benzene rings is 1. The van der Waals surface area contributed by atoms with E-state index >= 15 is 0 Å². The highest BCUT2D eigenvalue weighted by molar-refractivity contribution is 6.01. The summed E-state index contributed by atoms with van der Waals surface area (Å²) in [6.07, 6.45) is 5.60. The molecule has 0 radical (unpaired) electrons. The van der Waals surface area contributed by atoms with Gasteiger partial charge in [-0.15, -0.1) is 0 Å². The van der Waals surface area contributed by atoms with Crippen LogP contribution in [0.3, 0.4) is 0 Å². The van der Waals surface area contributed by atoms with Gasteiger partial charge in [0.15, 0.2) is 5.78 Å². The number of nitrogens with zero attached hydrogens (tertiary/aromatic N) is 3. The van der Waals surface area contributed by atoms with Crippen molar-refractivity contribution in [3.8, 4) is 11.4 Å². The van der Waals surface area contributed by atoms with Crippen molar-refractivity contribution < 1.29 is 24.2 Å².